The second kappa shape index (κ2) is 6.32. The molecule has 1 aliphatic heterocycles. The van der Waals surface area contributed by atoms with Gasteiger partial charge < -0.3 is 4.43 Å². The Kier molecular flexibility index (Phi) is 5.39. The summed E-state index contributed by atoms with van der Waals surface area (Å²) in [4.78, 5) is 0. The van der Waals surface area contributed by atoms with Crippen molar-refractivity contribution in [1.82, 2.24) is 0 Å². The molecule has 0 amide bonds. The minimum absolute atomic E-state index is 0.122. The smallest absolute Gasteiger partial charge is 0.269 e. The second-order valence-corrected chi connectivity index (χ2v) is 6.61. The third-order valence-corrected chi connectivity index (χ3v) is 5.42. The van der Waals surface area contributed by atoms with E-state index in [0.29, 0.717) is 6.42 Å². The van der Waals surface area contributed by atoms with Gasteiger partial charge in [-0.15, -0.1) is 6.58 Å². The number of allylic oxidation sites excluding steroid dienone is 1. The summed E-state index contributed by atoms with van der Waals surface area (Å²) in [6, 6.07) is 1.02. The van der Waals surface area contributed by atoms with E-state index < -0.39 is 21.6 Å². The maximum absolute atomic E-state index is 12.6. The number of rotatable bonds is 5. The highest BCUT2D eigenvalue weighted by atomic mass is 28.3. The Balaban J connectivity index is 2.22. The molecule has 0 aromatic rings. The summed E-state index contributed by atoms with van der Waals surface area (Å²) in [6.07, 6.45) is -2.46. The molecule has 0 N–H and O–H groups in total. The summed E-state index contributed by atoms with van der Waals surface area (Å²) < 4.78 is 42.0. The predicted octanol–water partition coefficient (Wildman–Crippen LogP) is 3.00. The van der Waals surface area contributed by atoms with E-state index in [9.17, 15) is 13.2 Å². The highest BCUT2D eigenvalue weighted by Gasteiger charge is 2.23. The van der Waals surface area contributed by atoms with Gasteiger partial charge in [-0.3, -0.25) is 0 Å². The van der Waals surface area contributed by atoms with Gasteiger partial charge in [-0.2, -0.15) is 0 Å². The van der Waals surface area contributed by atoms with Crippen molar-refractivity contribution in [2.24, 2.45) is 0 Å². The van der Waals surface area contributed by atoms with Gasteiger partial charge in [-0.1, -0.05) is 11.6 Å². The van der Waals surface area contributed by atoms with E-state index in [-0.39, 0.29) is 6.42 Å². The van der Waals surface area contributed by atoms with Crippen molar-refractivity contribution in [2.75, 3.05) is 6.61 Å². The first kappa shape index (κ1) is 12.8. The van der Waals surface area contributed by atoms with Crippen LogP contribution in [0.2, 0.25) is 6.04 Å². The molecule has 88 valence electrons. The van der Waals surface area contributed by atoms with Crippen molar-refractivity contribution in [1.29, 1.82) is 0 Å². The van der Waals surface area contributed by atoms with Crippen molar-refractivity contribution in [3.05, 3.63) is 11.8 Å². The van der Waals surface area contributed by atoms with Gasteiger partial charge in [0.1, 0.15) is 0 Å². The fraction of sp³-hybridized carbons (Fsp3) is 0.800. The molecule has 0 spiro atoms. The Morgan fingerprint density at radius 2 is 2.07 bits per heavy atom. The van der Waals surface area contributed by atoms with Gasteiger partial charge in [-0.25, -0.2) is 13.2 Å². The van der Waals surface area contributed by atoms with Crippen LogP contribution in [0.5, 0.6) is 0 Å². The summed E-state index contributed by atoms with van der Waals surface area (Å²) in [5.41, 5.74) is 0. The summed E-state index contributed by atoms with van der Waals surface area (Å²) >= 11 is 0. The van der Waals surface area contributed by atoms with E-state index >= 15 is 0 Å². The molecule has 0 aromatic carbocycles. The van der Waals surface area contributed by atoms with E-state index in [1.165, 1.54) is 0 Å². The van der Waals surface area contributed by atoms with Crippen molar-refractivity contribution in [2.45, 2.75) is 44.3 Å². The van der Waals surface area contributed by atoms with E-state index in [1.54, 1.807) is 0 Å². The normalized spacial score (nSPS) is 24.1. The lowest BCUT2D eigenvalue weighted by Gasteiger charge is -2.23. The molecule has 5 heteroatoms. The van der Waals surface area contributed by atoms with Crippen LogP contribution in [0.4, 0.5) is 13.2 Å². The van der Waals surface area contributed by atoms with E-state index in [0.717, 1.165) is 30.7 Å². The SMILES string of the molecule is C=C(CCC(F)C(F)F)[SiH]1CCCCO1. The van der Waals surface area contributed by atoms with Crippen LogP contribution < -0.4 is 0 Å². The van der Waals surface area contributed by atoms with Crippen molar-refractivity contribution < 1.29 is 17.6 Å². The number of alkyl halides is 3. The molecule has 15 heavy (non-hydrogen) atoms. The molecule has 0 aliphatic carbocycles. The van der Waals surface area contributed by atoms with Crippen LogP contribution in [0.15, 0.2) is 11.8 Å². The van der Waals surface area contributed by atoms with E-state index in [2.05, 4.69) is 6.58 Å². The summed E-state index contributed by atoms with van der Waals surface area (Å²) in [5, 5.41) is 0.887. The monoisotopic (exact) mass is 238 g/mol. The van der Waals surface area contributed by atoms with Gasteiger partial charge in [-0.05, 0) is 25.3 Å². The average molecular weight is 238 g/mol. The van der Waals surface area contributed by atoms with Crippen LogP contribution >= 0.6 is 0 Å². The molecule has 2 atom stereocenters. The lowest BCUT2D eigenvalue weighted by molar-refractivity contribution is 0.0458. The highest BCUT2D eigenvalue weighted by molar-refractivity contribution is 6.60. The number of hydrogen-bond donors (Lipinski definition) is 0. The first-order chi connectivity index (χ1) is 7.11. The van der Waals surface area contributed by atoms with E-state index in [1.807, 2.05) is 0 Å². The van der Waals surface area contributed by atoms with Crippen LogP contribution in [0.1, 0.15) is 25.7 Å². The topological polar surface area (TPSA) is 9.23 Å². The molecule has 0 aromatic heterocycles. The van der Waals surface area contributed by atoms with Gasteiger partial charge in [0, 0.05) is 6.61 Å². The highest BCUT2D eigenvalue weighted by Crippen LogP contribution is 2.21. The van der Waals surface area contributed by atoms with Crippen LogP contribution in [-0.2, 0) is 4.43 Å². The van der Waals surface area contributed by atoms with Crippen molar-refractivity contribution in [3.8, 4) is 0 Å². The Labute approximate surface area is 90.0 Å². The maximum Gasteiger partial charge on any atom is 0.269 e. The van der Waals surface area contributed by atoms with Crippen molar-refractivity contribution in [3.63, 3.8) is 0 Å². The van der Waals surface area contributed by atoms with Crippen LogP contribution in [0.25, 0.3) is 0 Å². The van der Waals surface area contributed by atoms with Gasteiger partial charge in [0.25, 0.3) is 6.43 Å². The lowest BCUT2D eigenvalue weighted by atomic mass is 10.2. The number of hydrogen-bond acceptors (Lipinski definition) is 1. The molecule has 1 fully saturated rings. The molecule has 0 radical (unpaired) electrons. The molecular weight excluding hydrogens is 221 g/mol. The molecule has 1 saturated heterocycles. The standard InChI is InChI=1S/C10H17F3OSi/c1-8(4-5-9(11)10(12)13)15-7-3-2-6-14-15/h9-10,15H,1-7H2. The summed E-state index contributed by atoms with van der Waals surface area (Å²) in [6.45, 7) is 4.59. The zero-order valence-corrected chi connectivity index (χ0v) is 9.88. The third kappa shape index (κ3) is 4.38. The van der Waals surface area contributed by atoms with Gasteiger partial charge in [0.05, 0.1) is 0 Å². The Morgan fingerprint density at radius 3 is 2.60 bits per heavy atom. The molecule has 0 saturated carbocycles. The maximum atomic E-state index is 12.6. The Hall–Kier alpha value is -0.293. The van der Waals surface area contributed by atoms with Crippen molar-refractivity contribution >= 4 is 9.04 Å². The van der Waals surface area contributed by atoms with Gasteiger partial charge in [0.2, 0.25) is 9.04 Å². The van der Waals surface area contributed by atoms with Crippen LogP contribution in [0.3, 0.4) is 0 Å². The second-order valence-electron chi connectivity index (χ2n) is 3.90. The molecule has 2 unspecified atom stereocenters. The Bertz CT molecular complexity index is 205. The van der Waals surface area contributed by atoms with Crippen LogP contribution in [0, 0.1) is 0 Å². The van der Waals surface area contributed by atoms with Gasteiger partial charge in [0.15, 0.2) is 6.17 Å². The molecule has 1 aliphatic rings. The average Bonchev–Trinajstić information content (AvgIpc) is 2.26. The Morgan fingerprint density at radius 1 is 1.33 bits per heavy atom. The first-order valence-corrected chi connectivity index (χ1v) is 7.19. The first-order valence-electron chi connectivity index (χ1n) is 5.32. The third-order valence-electron chi connectivity index (χ3n) is 2.65. The zero-order valence-electron chi connectivity index (χ0n) is 8.72. The largest absolute Gasteiger partial charge is 0.416 e. The lowest BCUT2D eigenvalue weighted by Crippen LogP contribution is -2.26. The fourth-order valence-electron chi connectivity index (χ4n) is 1.67. The van der Waals surface area contributed by atoms with Crippen LogP contribution in [-0.4, -0.2) is 28.2 Å². The zero-order chi connectivity index (χ0) is 11.3. The molecule has 1 rings (SSSR count). The predicted molar refractivity (Wildman–Crippen MR) is 56.4 cm³/mol. The summed E-state index contributed by atoms with van der Waals surface area (Å²) in [7, 11) is -1.42. The molecule has 1 nitrogen and oxygen atoms in total. The van der Waals surface area contributed by atoms with Gasteiger partial charge >= 0.3 is 0 Å². The number of halogens is 3. The fourth-order valence-corrected chi connectivity index (χ4v) is 4.08. The summed E-state index contributed by atoms with van der Waals surface area (Å²) in [5.74, 6) is 0. The molecule has 1 heterocycles. The molecule has 0 bridgehead atoms. The minimum Gasteiger partial charge on any atom is -0.416 e. The quantitative estimate of drug-likeness (QED) is 0.669. The minimum atomic E-state index is -2.87. The van der Waals surface area contributed by atoms with E-state index in [4.69, 9.17) is 4.43 Å². The molecular formula is C10H17F3OSi.